The number of hydrogen-bond donors (Lipinski definition) is 2. The van der Waals surface area contributed by atoms with Gasteiger partial charge in [0.2, 0.25) is 0 Å². The van der Waals surface area contributed by atoms with Gasteiger partial charge in [-0.1, -0.05) is 25.0 Å². The highest BCUT2D eigenvalue weighted by Crippen LogP contribution is 2.31. The molecule has 1 aromatic carbocycles. The molecule has 0 spiro atoms. The van der Waals surface area contributed by atoms with Crippen LogP contribution in [0.4, 0.5) is 5.69 Å². The van der Waals surface area contributed by atoms with Crippen molar-refractivity contribution in [1.29, 1.82) is 0 Å². The average Bonchev–Trinajstić information content (AvgIpc) is 3.23. The van der Waals surface area contributed by atoms with Gasteiger partial charge in [0.15, 0.2) is 0 Å². The maximum Gasteiger partial charge on any atom is 0.300 e. The Morgan fingerprint density at radius 2 is 2.03 bits per heavy atom. The van der Waals surface area contributed by atoms with E-state index in [9.17, 15) is 4.79 Å². The molecule has 0 radical (unpaired) electrons. The summed E-state index contributed by atoms with van der Waals surface area (Å²) in [6.07, 6.45) is 6.53. The van der Waals surface area contributed by atoms with E-state index in [0.29, 0.717) is 5.69 Å². The second kappa shape index (κ2) is 9.24. The van der Waals surface area contributed by atoms with E-state index in [1.165, 1.54) is 7.11 Å². The largest absolute Gasteiger partial charge is 0.372 e. The number of aromatic nitrogens is 3. The van der Waals surface area contributed by atoms with Gasteiger partial charge in [-0.2, -0.15) is 0 Å². The van der Waals surface area contributed by atoms with Gasteiger partial charge < -0.3 is 15.0 Å². The lowest BCUT2D eigenvalue weighted by molar-refractivity contribution is -0.111. The fourth-order valence-electron chi connectivity index (χ4n) is 3.37. The Hall–Kier alpha value is -3.95. The Kier molecular flexibility index (Phi) is 6.06. The van der Waals surface area contributed by atoms with Crippen LogP contribution < -0.4 is 5.32 Å². The molecular formula is C25H22N4O2. The quantitative estimate of drug-likeness (QED) is 0.477. The first-order valence-corrected chi connectivity index (χ1v) is 9.99. The molecule has 0 atom stereocenters. The van der Waals surface area contributed by atoms with Crippen LogP contribution in [0.2, 0.25) is 0 Å². The molecule has 154 valence electrons. The van der Waals surface area contributed by atoms with Crippen LogP contribution in [-0.4, -0.2) is 34.6 Å². The lowest BCUT2D eigenvalue weighted by atomic mass is 10.0. The zero-order valence-electron chi connectivity index (χ0n) is 17.4. The van der Waals surface area contributed by atoms with Gasteiger partial charge in [0.1, 0.15) is 12.3 Å². The van der Waals surface area contributed by atoms with E-state index in [-0.39, 0.29) is 12.5 Å². The molecule has 31 heavy (non-hydrogen) atoms. The molecule has 0 saturated heterocycles. The van der Waals surface area contributed by atoms with E-state index >= 15 is 0 Å². The van der Waals surface area contributed by atoms with Gasteiger partial charge in [0, 0.05) is 53.6 Å². The average molecular weight is 410 g/mol. The Bertz CT molecular complexity index is 1300. The molecule has 0 aliphatic carbocycles. The number of nitrogens with zero attached hydrogens (tertiary/aromatic N) is 2. The number of amides is 1. The number of nitrogens with one attached hydrogen (secondary N) is 2. The molecule has 1 amide bonds. The Morgan fingerprint density at radius 3 is 2.87 bits per heavy atom. The molecular weight excluding hydrogens is 388 g/mol. The summed E-state index contributed by atoms with van der Waals surface area (Å²) in [5, 5.41) is 3.82. The molecule has 4 rings (SSSR count). The Balaban J connectivity index is 1.66. The fourth-order valence-corrected chi connectivity index (χ4v) is 3.37. The number of fused-ring (bicyclic) bond motifs is 1. The third-order valence-corrected chi connectivity index (χ3v) is 4.89. The van der Waals surface area contributed by atoms with Crippen molar-refractivity contribution in [2.45, 2.75) is 13.3 Å². The number of carbonyl (C=O) groups is 1. The molecule has 4 aromatic rings. The van der Waals surface area contributed by atoms with E-state index in [1.807, 2.05) is 48.9 Å². The molecule has 0 bridgehead atoms. The summed E-state index contributed by atoms with van der Waals surface area (Å²) in [5.74, 6) is 4.77. The molecule has 6 nitrogen and oxygen atoms in total. The monoisotopic (exact) mass is 410 g/mol. The van der Waals surface area contributed by atoms with E-state index in [1.54, 1.807) is 0 Å². The van der Waals surface area contributed by atoms with Crippen molar-refractivity contribution in [1.82, 2.24) is 15.0 Å². The van der Waals surface area contributed by atoms with E-state index in [4.69, 9.17) is 4.74 Å². The van der Waals surface area contributed by atoms with Crippen molar-refractivity contribution < 1.29 is 9.53 Å². The van der Waals surface area contributed by atoms with Crippen molar-refractivity contribution in [2.75, 3.05) is 19.0 Å². The number of rotatable bonds is 5. The van der Waals surface area contributed by atoms with Gasteiger partial charge in [-0.25, -0.2) is 4.98 Å². The highest BCUT2D eigenvalue weighted by Gasteiger charge is 2.10. The van der Waals surface area contributed by atoms with Crippen molar-refractivity contribution in [3.63, 3.8) is 0 Å². The zero-order valence-corrected chi connectivity index (χ0v) is 17.4. The van der Waals surface area contributed by atoms with Crippen LogP contribution in [0, 0.1) is 11.8 Å². The van der Waals surface area contributed by atoms with Crippen LogP contribution >= 0.6 is 0 Å². The summed E-state index contributed by atoms with van der Waals surface area (Å²) in [4.78, 5) is 24.2. The maximum atomic E-state index is 12.0. The third-order valence-electron chi connectivity index (χ3n) is 4.89. The molecule has 3 aromatic heterocycles. The topological polar surface area (TPSA) is 79.9 Å². The van der Waals surface area contributed by atoms with E-state index < -0.39 is 0 Å². The van der Waals surface area contributed by atoms with Crippen LogP contribution in [0.25, 0.3) is 33.3 Å². The predicted molar refractivity (Wildman–Crippen MR) is 122 cm³/mol. The number of benzene rings is 1. The number of carbonyl (C=O) groups excluding carboxylic acids is 1. The van der Waals surface area contributed by atoms with Gasteiger partial charge in [-0.3, -0.25) is 9.78 Å². The summed E-state index contributed by atoms with van der Waals surface area (Å²) in [5.41, 5.74) is 6.64. The standard InChI is InChI=1S/C25H22N4O2/c1-3-20-13-18(9-10-26-20)23-16-28-25-22(23)14-19(15-27-25)17-6-4-7-21(12-17)29-24(30)8-5-11-31-2/h4,6-7,9-10,12-16H,3,11H2,1-2H3,(H,27,28)(H,29,30). The summed E-state index contributed by atoms with van der Waals surface area (Å²) in [6, 6.07) is 13.9. The summed E-state index contributed by atoms with van der Waals surface area (Å²) in [6.45, 7) is 2.31. The smallest absolute Gasteiger partial charge is 0.300 e. The van der Waals surface area contributed by atoms with Crippen LogP contribution in [-0.2, 0) is 16.0 Å². The first kappa shape index (κ1) is 20.3. The van der Waals surface area contributed by atoms with Crippen molar-refractivity contribution in [2.24, 2.45) is 0 Å². The van der Waals surface area contributed by atoms with Gasteiger partial charge >= 0.3 is 0 Å². The number of pyridine rings is 2. The maximum absolute atomic E-state index is 12.0. The number of H-pyrrole nitrogens is 1. The first-order chi connectivity index (χ1) is 15.2. The number of methoxy groups -OCH3 is 1. The number of ether oxygens (including phenoxy) is 1. The lowest BCUT2D eigenvalue weighted by Gasteiger charge is -2.07. The lowest BCUT2D eigenvalue weighted by Crippen LogP contribution is -2.08. The van der Waals surface area contributed by atoms with Crippen LogP contribution in [0.1, 0.15) is 12.6 Å². The number of aromatic amines is 1. The van der Waals surface area contributed by atoms with E-state index in [0.717, 1.165) is 45.4 Å². The summed E-state index contributed by atoms with van der Waals surface area (Å²) >= 11 is 0. The SMILES string of the molecule is CCc1cc(-c2c[nH]c3ncc(-c4cccc(NC(=O)C#CCOC)c4)cc23)ccn1. The van der Waals surface area contributed by atoms with Crippen LogP contribution in [0.15, 0.2) is 61.1 Å². The predicted octanol–water partition coefficient (Wildman–Crippen LogP) is 4.44. The number of aryl methyl sites for hydroxylation is 1. The summed E-state index contributed by atoms with van der Waals surface area (Å²) in [7, 11) is 1.54. The third kappa shape index (κ3) is 4.63. The van der Waals surface area contributed by atoms with Crippen molar-refractivity contribution >= 4 is 22.6 Å². The molecule has 0 aliphatic heterocycles. The minimum atomic E-state index is -0.375. The molecule has 0 fully saturated rings. The number of hydrogen-bond acceptors (Lipinski definition) is 4. The van der Waals surface area contributed by atoms with Crippen molar-refractivity contribution in [3.8, 4) is 34.1 Å². The molecule has 0 saturated carbocycles. The van der Waals surface area contributed by atoms with Gasteiger partial charge in [0.05, 0.1) is 0 Å². The molecule has 3 heterocycles. The second-order valence-corrected chi connectivity index (χ2v) is 6.98. The Labute approximate surface area is 180 Å². The second-order valence-electron chi connectivity index (χ2n) is 6.98. The normalized spacial score (nSPS) is 10.5. The number of anilines is 1. The molecule has 0 unspecified atom stereocenters. The van der Waals surface area contributed by atoms with Gasteiger partial charge in [-0.05, 0) is 53.8 Å². The van der Waals surface area contributed by atoms with Gasteiger partial charge in [-0.15, -0.1) is 0 Å². The zero-order chi connectivity index (χ0) is 21.6. The van der Waals surface area contributed by atoms with E-state index in [2.05, 4.69) is 51.2 Å². The molecule has 2 N–H and O–H groups in total. The Morgan fingerprint density at radius 1 is 1.13 bits per heavy atom. The fraction of sp³-hybridized carbons (Fsp3) is 0.160. The van der Waals surface area contributed by atoms with Crippen LogP contribution in [0.5, 0.6) is 0 Å². The highest BCUT2D eigenvalue weighted by atomic mass is 16.5. The minimum Gasteiger partial charge on any atom is -0.372 e. The first-order valence-electron chi connectivity index (χ1n) is 9.99. The molecule has 6 heteroatoms. The van der Waals surface area contributed by atoms with Crippen LogP contribution in [0.3, 0.4) is 0 Å². The van der Waals surface area contributed by atoms with Gasteiger partial charge in [0.25, 0.3) is 5.91 Å². The summed E-state index contributed by atoms with van der Waals surface area (Å²) < 4.78 is 4.84. The van der Waals surface area contributed by atoms with Crippen molar-refractivity contribution in [3.05, 3.63) is 66.7 Å². The molecule has 0 aliphatic rings. The minimum absolute atomic E-state index is 0.218. The highest BCUT2D eigenvalue weighted by molar-refractivity contribution is 6.04.